The normalized spacial score (nSPS) is 10.4. The van der Waals surface area contributed by atoms with Gasteiger partial charge in [0.15, 0.2) is 17.3 Å². The number of aromatic nitrogens is 5. The Balaban J connectivity index is 2.05. The van der Waals surface area contributed by atoms with Crippen LogP contribution in [0.4, 0.5) is 11.4 Å². The Morgan fingerprint density at radius 1 is 1.29 bits per heavy atom. The molecule has 2 heterocycles. The maximum Gasteiger partial charge on any atom is 0.358 e. The van der Waals surface area contributed by atoms with E-state index in [1.165, 1.54) is 19.4 Å². The van der Waals surface area contributed by atoms with Crippen LogP contribution in [0, 0.1) is 0 Å². The Kier molecular flexibility index (Phi) is 4.06. The molecule has 0 aliphatic heterocycles. The molecule has 24 heavy (non-hydrogen) atoms. The van der Waals surface area contributed by atoms with Gasteiger partial charge in [0.1, 0.15) is 6.33 Å². The lowest BCUT2D eigenvalue weighted by Crippen LogP contribution is -2.07. The molecule has 9 heteroatoms. The number of benzene rings is 1. The number of carboxylic acids is 1. The van der Waals surface area contributed by atoms with Crippen molar-refractivity contribution in [3.05, 3.63) is 42.5 Å². The summed E-state index contributed by atoms with van der Waals surface area (Å²) in [7, 11) is 3.29. The summed E-state index contributed by atoms with van der Waals surface area (Å²) >= 11 is 0. The van der Waals surface area contributed by atoms with E-state index in [-0.39, 0.29) is 5.69 Å². The molecule has 9 nitrogen and oxygen atoms in total. The summed E-state index contributed by atoms with van der Waals surface area (Å²) in [4.78, 5) is 15.5. The Hall–Kier alpha value is -3.49. The summed E-state index contributed by atoms with van der Waals surface area (Å²) in [5, 5.41) is 23.7. The minimum atomic E-state index is -1.17. The predicted octanol–water partition coefficient (Wildman–Crippen LogP) is 1.72. The van der Waals surface area contributed by atoms with Gasteiger partial charge in [-0.3, -0.25) is 4.68 Å². The SMILES string of the molecule is COc1c(Nc2ccnnc2C(=O)O)cccc1-c1ncn(C)n1. The van der Waals surface area contributed by atoms with E-state index in [2.05, 4.69) is 25.6 Å². The van der Waals surface area contributed by atoms with Crippen LogP contribution in [0.3, 0.4) is 0 Å². The van der Waals surface area contributed by atoms with Gasteiger partial charge in [0, 0.05) is 7.05 Å². The van der Waals surface area contributed by atoms with Crippen molar-refractivity contribution in [1.29, 1.82) is 0 Å². The molecule has 0 atom stereocenters. The number of anilines is 2. The number of carboxylic acid groups (broad SMARTS) is 1. The third kappa shape index (κ3) is 2.86. The Morgan fingerprint density at radius 2 is 2.12 bits per heavy atom. The highest BCUT2D eigenvalue weighted by Crippen LogP contribution is 2.36. The smallest absolute Gasteiger partial charge is 0.358 e. The number of ether oxygens (including phenoxy) is 1. The number of nitrogens with zero attached hydrogens (tertiary/aromatic N) is 5. The molecule has 0 unspecified atom stereocenters. The molecule has 0 saturated carbocycles. The second kappa shape index (κ2) is 6.32. The molecule has 2 aromatic heterocycles. The number of hydrogen-bond donors (Lipinski definition) is 2. The number of aryl methyl sites for hydroxylation is 1. The van der Waals surface area contributed by atoms with Gasteiger partial charge in [0.05, 0.1) is 30.2 Å². The Morgan fingerprint density at radius 3 is 2.79 bits per heavy atom. The summed E-state index contributed by atoms with van der Waals surface area (Å²) in [5.41, 5.74) is 1.38. The summed E-state index contributed by atoms with van der Waals surface area (Å²) in [5.74, 6) is -0.173. The number of rotatable bonds is 5. The molecule has 122 valence electrons. The lowest BCUT2D eigenvalue weighted by molar-refractivity contribution is 0.0690. The van der Waals surface area contributed by atoms with Crippen molar-refractivity contribution in [3.8, 4) is 17.1 Å². The first-order valence-electron chi connectivity index (χ1n) is 6.95. The first-order chi connectivity index (χ1) is 11.6. The number of methoxy groups -OCH3 is 1. The molecular weight excluding hydrogens is 312 g/mol. The van der Waals surface area contributed by atoms with E-state index in [1.807, 2.05) is 6.07 Å². The standard InChI is InChI=1S/C15H14N6O3/c1-21-8-16-14(20-21)9-4-3-5-11(13(9)24-2)18-10-6-7-17-19-12(10)15(22)23/h3-8H,1-2H3,(H,17,18)(H,22,23). The number of nitrogens with one attached hydrogen (secondary N) is 1. The topological polar surface area (TPSA) is 115 Å². The average Bonchev–Trinajstić information content (AvgIpc) is 3.01. The molecule has 0 aliphatic rings. The molecule has 0 aliphatic carbocycles. The van der Waals surface area contributed by atoms with Gasteiger partial charge in [0.2, 0.25) is 0 Å². The van der Waals surface area contributed by atoms with Crippen molar-refractivity contribution < 1.29 is 14.6 Å². The number of carbonyl (C=O) groups is 1. The van der Waals surface area contributed by atoms with Crippen LogP contribution in [0.5, 0.6) is 5.75 Å². The van der Waals surface area contributed by atoms with Crippen LogP contribution in [-0.4, -0.2) is 43.1 Å². The minimum absolute atomic E-state index is 0.180. The lowest BCUT2D eigenvalue weighted by atomic mass is 10.1. The summed E-state index contributed by atoms with van der Waals surface area (Å²) in [6.07, 6.45) is 3.00. The molecule has 3 aromatic rings. The number of para-hydroxylation sites is 1. The van der Waals surface area contributed by atoms with Crippen LogP contribution in [0.25, 0.3) is 11.4 Å². The molecule has 1 aromatic carbocycles. The van der Waals surface area contributed by atoms with E-state index in [0.29, 0.717) is 28.5 Å². The molecule has 0 spiro atoms. The van der Waals surface area contributed by atoms with Crippen molar-refractivity contribution in [2.24, 2.45) is 7.05 Å². The Bertz CT molecular complexity index is 892. The molecule has 3 rings (SSSR count). The second-order valence-corrected chi connectivity index (χ2v) is 4.85. The molecule has 0 radical (unpaired) electrons. The van der Waals surface area contributed by atoms with Crippen molar-refractivity contribution in [2.75, 3.05) is 12.4 Å². The zero-order valence-corrected chi connectivity index (χ0v) is 13.0. The molecule has 0 saturated heterocycles. The first kappa shape index (κ1) is 15.4. The third-order valence-corrected chi connectivity index (χ3v) is 3.25. The quantitative estimate of drug-likeness (QED) is 0.728. The lowest BCUT2D eigenvalue weighted by Gasteiger charge is -2.14. The van der Waals surface area contributed by atoms with E-state index < -0.39 is 5.97 Å². The van der Waals surface area contributed by atoms with Gasteiger partial charge in [-0.1, -0.05) is 6.07 Å². The van der Waals surface area contributed by atoms with Crippen LogP contribution < -0.4 is 10.1 Å². The van der Waals surface area contributed by atoms with Gasteiger partial charge in [0.25, 0.3) is 0 Å². The van der Waals surface area contributed by atoms with Gasteiger partial charge in [-0.2, -0.15) is 10.2 Å². The summed E-state index contributed by atoms with van der Waals surface area (Å²) in [6.45, 7) is 0. The second-order valence-electron chi connectivity index (χ2n) is 4.85. The van der Waals surface area contributed by atoms with Crippen molar-refractivity contribution in [2.45, 2.75) is 0 Å². The van der Waals surface area contributed by atoms with Gasteiger partial charge < -0.3 is 15.2 Å². The predicted molar refractivity (Wildman–Crippen MR) is 85.3 cm³/mol. The van der Waals surface area contributed by atoms with Gasteiger partial charge >= 0.3 is 5.97 Å². The minimum Gasteiger partial charge on any atom is -0.494 e. The van der Waals surface area contributed by atoms with E-state index in [4.69, 9.17) is 4.74 Å². The van der Waals surface area contributed by atoms with Crippen LogP contribution in [0.15, 0.2) is 36.8 Å². The number of hydrogen-bond acceptors (Lipinski definition) is 7. The van der Waals surface area contributed by atoms with E-state index >= 15 is 0 Å². The van der Waals surface area contributed by atoms with Crippen molar-refractivity contribution in [1.82, 2.24) is 25.0 Å². The van der Waals surface area contributed by atoms with E-state index in [1.54, 1.807) is 30.2 Å². The highest BCUT2D eigenvalue weighted by atomic mass is 16.5. The fraction of sp³-hybridized carbons (Fsp3) is 0.133. The molecular formula is C15H14N6O3. The zero-order valence-electron chi connectivity index (χ0n) is 13.0. The Labute approximate surface area is 136 Å². The largest absolute Gasteiger partial charge is 0.494 e. The van der Waals surface area contributed by atoms with Crippen molar-refractivity contribution in [3.63, 3.8) is 0 Å². The molecule has 0 fully saturated rings. The van der Waals surface area contributed by atoms with Crippen LogP contribution in [0.2, 0.25) is 0 Å². The van der Waals surface area contributed by atoms with Gasteiger partial charge in [-0.25, -0.2) is 9.78 Å². The summed E-state index contributed by atoms with van der Waals surface area (Å²) < 4.78 is 7.06. The fourth-order valence-electron chi connectivity index (χ4n) is 2.23. The molecule has 0 amide bonds. The third-order valence-electron chi connectivity index (χ3n) is 3.25. The van der Waals surface area contributed by atoms with Crippen molar-refractivity contribution >= 4 is 17.3 Å². The monoisotopic (exact) mass is 326 g/mol. The molecule has 0 bridgehead atoms. The number of aromatic carboxylic acids is 1. The maximum absolute atomic E-state index is 11.3. The zero-order chi connectivity index (χ0) is 17.1. The summed E-state index contributed by atoms with van der Waals surface area (Å²) in [6, 6.07) is 6.91. The average molecular weight is 326 g/mol. The van der Waals surface area contributed by atoms with Crippen LogP contribution in [-0.2, 0) is 7.05 Å². The van der Waals surface area contributed by atoms with Crippen LogP contribution >= 0.6 is 0 Å². The highest BCUT2D eigenvalue weighted by Gasteiger charge is 2.17. The van der Waals surface area contributed by atoms with Gasteiger partial charge in [-0.15, -0.1) is 5.10 Å². The fourth-order valence-corrected chi connectivity index (χ4v) is 2.23. The first-order valence-corrected chi connectivity index (χ1v) is 6.95. The molecule has 2 N–H and O–H groups in total. The van der Waals surface area contributed by atoms with Gasteiger partial charge in [-0.05, 0) is 18.2 Å². The maximum atomic E-state index is 11.3. The highest BCUT2D eigenvalue weighted by molar-refractivity contribution is 5.93. The van der Waals surface area contributed by atoms with E-state index in [9.17, 15) is 9.90 Å². The van der Waals surface area contributed by atoms with E-state index in [0.717, 1.165) is 0 Å². The van der Waals surface area contributed by atoms with Crippen LogP contribution in [0.1, 0.15) is 10.5 Å².